The fourth-order valence-electron chi connectivity index (χ4n) is 6.12. The Bertz CT molecular complexity index is 1880. The second kappa shape index (κ2) is 17.3. The summed E-state index contributed by atoms with van der Waals surface area (Å²) >= 11 is 0. The second-order valence-electron chi connectivity index (χ2n) is 14.2. The van der Waals surface area contributed by atoms with Gasteiger partial charge in [0, 0.05) is 6.04 Å². The quantitative estimate of drug-likeness (QED) is 0.112. The summed E-state index contributed by atoms with van der Waals surface area (Å²) in [5, 5.41) is 17.8. The molecule has 0 amide bonds. The molecule has 2 fully saturated rings. The van der Waals surface area contributed by atoms with Gasteiger partial charge in [0.25, 0.3) is 0 Å². The maximum absolute atomic E-state index is 14.6. The largest absolute Gasteiger partial charge is 0.464 e. The van der Waals surface area contributed by atoms with Gasteiger partial charge in [-0.15, -0.1) is 0 Å². The van der Waals surface area contributed by atoms with Crippen molar-refractivity contribution in [1.29, 1.82) is 5.26 Å². The van der Waals surface area contributed by atoms with Crippen molar-refractivity contribution < 1.29 is 46.9 Å². The lowest BCUT2D eigenvalue weighted by atomic mass is 9.87. The van der Waals surface area contributed by atoms with Crippen molar-refractivity contribution in [2.45, 2.75) is 96.3 Å². The molecule has 1 unspecified atom stereocenters. The van der Waals surface area contributed by atoms with Crippen LogP contribution in [0.1, 0.15) is 72.1 Å². The van der Waals surface area contributed by atoms with Gasteiger partial charge >= 0.3 is 25.7 Å². The number of rotatable bonds is 15. The fraction of sp³-hybridized carbons (Fsp3) is 0.556. The third-order valence-corrected chi connectivity index (χ3v) is 10.9. The predicted molar refractivity (Wildman–Crippen MR) is 193 cm³/mol. The van der Waals surface area contributed by atoms with Crippen LogP contribution in [0.2, 0.25) is 0 Å². The molecule has 0 bridgehead atoms. The van der Waals surface area contributed by atoms with Crippen molar-refractivity contribution in [3.8, 4) is 11.8 Å². The van der Waals surface area contributed by atoms with Crippen LogP contribution in [0.25, 0.3) is 5.52 Å². The van der Waals surface area contributed by atoms with Gasteiger partial charge in [0.05, 0.1) is 24.1 Å². The molecule has 2 aliphatic rings. The first-order valence-electron chi connectivity index (χ1n) is 17.9. The second-order valence-corrected chi connectivity index (χ2v) is 15.9. The summed E-state index contributed by atoms with van der Waals surface area (Å²) in [5.74, 6) is -3.00. The number of nitrogens with zero attached hydrogens (tertiary/aromatic N) is 4. The van der Waals surface area contributed by atoms with Crippen LogP contribution in [0.3, 0.4) is 0 Å². The third kappa shape index (κ3) is 9.37. The van der Waals surface area contributed by atoms with E-state index in [1.165, 1.54) is 29.9 Å². The minimum Gasteiger partial charge on any atom is -0.464 e. The van der Waals surface area contributed by atoms with E-state index in [0.717, 1.165) is 25.7 Å². The van der Waals surface area contributed by atoms with E-state index in [0.29, 0.717) is 5.52 Å². The zero-order valence-corrected chi connectivity index (χ0v) is 31.8. The molecule has 1 aliphatic heterocycles. The molecule has 1 aliphatic carbocycles. The van der Waals surface area contributed by atoms with Crippen molar-refractivity contribution >= 4 is 37.0 Å². The molecule has 5 N–H and O–H groups in total. The normalized spacial score (nSPS) is 25.8. The molecule has 3 aromatic rings. The summed E-state index contributed by atoms with van der Waals surface area (Å²) in [6.07, 6.45) is 0.192. The summed E-state index contributed by atoms with van der Waals surface area (Å²) in [6, 6.07) is 12.2. The van der Waals surface area contributed by atoms with E-state index in [9.17, 15) is 24.2 Å². The number of nitrogens with two attached hydrogens (primary N) is 2. The molecule has 292 valence electrons. The number of nitrogens with one attached hydrogen (secondary N) is 1. The maximum atomic E-state index is 14.6. The molecule has 1 saturated heterocycles. The van der Waals surface area contributed by atoms with Crippen molar-refractivity contribution in [3.63, 3.8) is 0 Å². The molecule has 0 spiro atoms. The summed E-state index contributed by atoms with van der Waals surface area (Å²) in [5.41, 5.74) is 10.5. The number of carbonyl (C=O) groups is 3. The summed E-state index contributed by atoms with van der Waals surface area (Å²) in [4.78, 5) is 43.5. The highest BCUT2D eigenvalue weighted by Gasteiger charge is 2.62. The number of benzene rings is 1. The Labute approximate surface area is 313 Å². The minimum atomic E-state index is -4.58. The number of esters is 3. The Morgan fingerprint density at radius 1 is 1.02 bits per heavy atom. The van der Waals surface area contributed by atoms with Crippen LogP contribution in [-0.2, 0) is 42.4 Å². The molecule has 0 radical (unpaired) electrons. The summed E-state index contributed by atoms with van der Waals surface area (Å²) in [7, 11) is -4.58. The molecule has 6 atom stereocenters. The number of para-hydroxylation sites is 1. The van der Waals surface area contributed by atoms with Gasteiger partial charge in [0.1, 0.15) is 42.4 Å². The van der Waals surface area contributed by atoms with E-state index < -0.39 is 74.1 Å². The van der Waals surface area contributed by atoms with E-state index in [4.69, 9.17) is 39.5 Å². The Morgan fingerprint density at radius 3 is 2.33 bits per heavy atom. The number of hydrogen-bond acceptors (Lipinski definition) is 15. The topological polar surface area (TPSA) is 242 Å². The molecular formula is C36H48N7O10P. The van der Waals surface area contributed by atoms with Gasteiger partial charge in [0.15, 0.2) is 18.0 Å². The van der Waals surface area contributed by atoms with Gasteiger partial charge in [-0.1, -0.05) is 45.9 Å². The van der Waals surface area contributed by atoms with Gasteiger partial charge in [-0.05, 0) is 62.8 Å². The zero-order valence-electron chi connectivity index (χ0n) is 31.0. The fourth-order valence-corrected chi connectivity index (χ4v) is 7.64. The summed E-state index contributed by atoms with van der Waals surface area (Å²) < 4.78 is 51.6. The monoisotopic (exact) mass is 769 g/mol. The van der Waals surface area contributed by atoms with Crippen LogP contribution in [0.4, 0.5) is 5.82 Å². The average molecular weight is 770 g/mol. The number of hydrogen-bond donors (Lipinski definition) is 3. The Kier molecular flexibility index (Phi) is 13.0. The molecule has 54 heavy (non-hydrogen) atoms. The first kappa shape index (κ1) is 40.6. The first-order chi connectivity index (χ1) is 25.6. The number of carbonyl (C=O) groups excluding carboxylic acids is 3. The van der Waals surface area contributed by atoms with Crippen LogP contribution in [0, 0.1) is 29.1 Å². The highest BCUT2D eigenvalue weighted by Crippen LogP contribution is 2.50. The number of aromatic nitrogens is 3. The molecule has 1 aromatic carbocycles. The molecule has 5 rings (SSSR count). The van der Waals surface area contributed by atoms with Gasteiger partial charge in [0.2, 0.25) is 5.60 Å². The smallest absolute Gasteiger partial charge is 0.459 e. The molecule has 3 heterocycles. The van der Waals surface area contributed by atoms with Gasteiger partial charge in [-0.25, -0.2) is 14.1 Å². The lowest BCUT2D eigenvalue weighted by Crippen LogP contribution is -2.50. The lowest BCUT2D eigenvalue weighted by Gasteiger charge is -2.31. The zero-order chi connectivity index (χ0) is 39.2. The SMILES string of the molecule is CC(C)C(=O)O[C@H]1[C@H](c2ccc3c(N)ncnn23)O[C@](C#N)(COP(=O)(N[C@@H](C)C(=O)OCC2CCC(N)CC2)Oc2ccccc2)[C@H]1OC(=O)C(C)C. The van der Waals surface area contributed by atoms with Gasteiger partial charge in [-0.2, -0.15) is 15.4 Å². The highest BCUT2D eigenvalue weighted by molar-refractivity contribution is 7.52. The van der Waals surface area contributed by atoms with Gasteiger partial charge < -0.3 is 34.9 Å². The Balaban J connectivity index is 1.48. The molecule has 1 saturated carbocycles. The molecule has 2 aromatic heterocycles. The number of anilines is 1. The third-order valence-electron chi connectivity index (χ3n) is 9.30. The maximum Gasteiger partial charge on any atom is 0.459 e. The van der Waals surface area contributed by atoms with E-state index in [1.54, 1.807) is 58.0 Å². The van der Waals surface area contributed by atoms with Crippen LogP contribution < -0.4 is 21.1 Å². The Morgan fingerprint density at radius 2 is 1.69 bits per heavy atom. The predicted octanol–water partition coefficient (Wildman–Crippen LogP) is 4.02. The molecular weight excluding hydrogens is 721 g/mol. The lowest BCUT2D eigenvalue weighted by molar-refractivity contribution is -0.173. The standard InChI is InChI=1S/C36H48N7O10P/c1-21(2)33(44)50-30-29(27-15-16-28-32(39)40-20-41-43(27)28)52-36(18-37,31(30)51-34(45)22(3)4)19-49-54(47,53-26-9-7-6-8-10-26)42-23(5)35(46)48-17-24-11-13-25(38)14-12-24/h6-10,15-16,20-25,29-31H,11-14,17,19,38H2,1-5H3,(H,42,47)(H2,39,40,41)/t23-,24?,25?,29-,30-,31-,36+,54?/m0/s1. The van der Waals surface area contributed by atoms with Crippen molar-refractivity contribution in [2.75, 3.05) is 18.9 Å². The van der Waals surface area contributed by atoms with Crippen LogP contribution >= 0.6 is 7.75 Å². The van der Waals surface area contributed by atoms with E-state index in [1.807, 2.05) is 6.07 Å². The number of nitriles is 1. The van der Waals surface area contributed by atoms with Crippen molar-refractivity contribution in [2.24, 2.45) is 23.5 Å². The van der Waals surface area contributed by atoms with Crippen molar-refractivity contribution in [3.05, 3.63) is 54.5 Å². The average Bonchev–Trinajstić information content (AvgIpc) is 3.70. The molecule has 17 nitrogen and oxygen atoms in total. The Hall–Kier alpha value is -4.59. The van der Waals surface area contributed by atoms with Crippen LogP contribution in [0.15, 0.2) is 48.8 Å². The van der Waals surface area contributed by atoms with Gasteiger partial charge in [-0.3, -0.25) is 18.9 Å². The van der Waals surface area contributed by atoms with Crippen LogP contribution in [0.5, 0.6) is 5.75 Å². The van der Waals surface area contributed by atoms with E-state index >= 15 is 0 Å². The molecule has 18 heteroatoms. The number of nitrogen functional groups attached to an aromatic ring is 1. The van der Waals surface area contributed by atoms with Crippen molar-refractivity contribution in [1.82, 2.24) is 19.7 Å². The van der Waals surface area contributed by atoms with E-state index in [-0.39, 0.29) is 35.8 Å². The first-order valence-corrected chi connectivity index (χ1v) is 19.5. The van der Waals surface area contributed by atoms with E-state index in [2.05, 4.69) is 15.2 Å². The minimum absolute atomic E-state index is 0.118. The highest BCUT2D eigenvalue weighted by atomic mass is 31.2. The number of fused-ring (bicyclic) bond motifs is 1. The number of ether oxygens (including phenoxy) is 4. The van der Waals surface area contributed by atoms with Crippen LogP contribution in [-0.4, -0.2) is 75.6 Å². The summed E-state index contributed by atoms with van der Waals surface area (Å²) in [6.45, 7) is 7.15.